The number of nitrogens with zero attached hydrogens (tertiary/aromatic N) is 1. The van der Waals surface area contributed by atoms with Crippen molar-refractivity contribution >= 4 is 0 Å². The molecule has 0 atom stereocenters. The van der Waals surface area contributed by atoms with Crippen molar-refractivity contribution in [3.8, 4) is 17.0 Å². The van der Waals surface area contributed by atoms with Crippen LogP contribution in [0.1, 0.15) is 19.4 Å². The number of ether oxygens (including phenoxy) is 1. The molecule has 2 aromatic rings. The minimum atomic E-state index is 0.0288. The van der Waals surface area contributed by atoms with Gasteiger partial charge in [-0.05, 0) is 37.6 Å². The number of pyridine rings is 1. The van der Waals surface area contributed by atoms with E-state index in [2.05, 4.69) is 4.98 Å². The lowest BCUT2D eigenvalue weighted by Crippen LogP contribution is -2.07. The SMILES string of the molecule is CC(C)Oc1cccnc1-c1cccc(CO)c1. The molecule has 0 saturated carbocycles. The first kappa shape index (κ1) is 12.6. The Morgan fingerprint density at radius 2 is 2.06 bits per heavy atom. The first-order valence-electron chi connectivity index (χ1n) is 6.02. The summed E-state index contributed by atoms with van der Waals surface area (Å²) in [4.78, 5) is 4.37. The zero-order valence-corrected chi connectivity index (χ0v) is 10.6. The Morgan fingerprint density at radius 3 is 2.78 bits per heavy atom. The molecule has 0 saturated heterocycles. The van der Waals surface area contributed by atoms with Crippen molar-refractivity contribution in [2.24, 2.45) is 0 Å². The normalized spacial score (nSPS) is 10.7. The van der Waals surface area contributed by atoms with E-state index in [-0.39, 0.29) is 12.7 Å². The fraction of sp³-hybridized carbons (Fsp3) is 0.267. The van der Waals surface area contributed by atoms with Gasteiger partial charge in [-0.1, -0.05) is 18.2 Å². The minimum absolute atomic E-state index is 0.0288. The van der Waals surface area contributed by atoms with Gasteiger partial charge in [0.25, 0.3) is 0 Å². The third kappa shape index (κ3) is 2.87. The standard InChI is InChI=1S/C15H17NO2/c1-11(2)18-14-7-4-8-16-15(14)13-6-3-5-12(9-13)10-17/h3-9,11,17H,10H2,1-2H3. The fourth-order valence-corrected chi connectivity index (χ4v) is 1.77. The van der Waals surface area contributed by atoms with Gasteiger partial charge in [0.1, 0.15) is 11.4 Å². The molecule has 3 heteroatoms. The highest BCUT2D eigenvalue weighted by Gasteiger charge is 2.09. The largest absolute Gasteiger partial charge is 0.489 e. The van der Waals surface area contributed by atoms with Crippen molar-refractivity contribution in [1.29, 1.82) is 0 Å². The highest BCUT2D eigenvalue weighted by Crippen LogP contribution is 2.28. The van der Waals surface area contributed by atoms with Crippen LogP contribution in [0.15, 0.2) is 42.6 Å². The van der Waals surface area contributed by atoms with E-state index in [4.69, 9.17) is 4.74 Å². The van der Waals surface area contributed by atoms with Gasteiger partial charge in [-0.25, -0.2) is 0 Å². The average Bonchev–Trinajstić information content (AvgIpc) is 2.39. The molecule has 0 aliphatic carbocycles. The molecular formula is C15H17NO2. The van der Waals surface area contributed by atoms with Gasteiger partial charge in [-0.15, -0.1) is 0 Å². The molecule has 1 aromatic carbocycles. The first-order valence-corrected chi connectivity index (χ1v) is 6.02. The Bertz CT molecular complexity index is 523. The predicted molar refractivity (Wildman–Crippen MR) is 71.4 cm³/mol. The molecule has 1 aromatic heterocycles. The van der Waals surface area contributed by atoms with Crippen LogP contribution in [-0.2, 0) is 6.61 Å². The molecule has 2 rings (SSSR count). The van der Waals surface area contributed by atoms with Crippen molar-refractivity contribution in [3.05, 3.63) is 48.2 Å². The predicted octanol–water partition coefficient (Wildman–Crippen LogP) is 3.03. The highest BCUT2D eigenvalue weighted by atomic mass is 16.5. The smallest absolute Gasteiger partial charge is 0.145 e. The number of aromatic nitrogens is 1. The lowest BCUT2D eigenvalue weighted by Gasteiger charge is -2.13. The fourth-order valence-electron chi connectivity index (χ4n) is 1.77. The number of hydrogen-bond acceptors (Lipinski definition) is 3. The lowest BCUT2D eigenvalue weighted by molar-refractivity contribution is 0.242. The van der Waals surface area contributed by atoms with Crippen LogP contribution < -0.4 is 4.74 Å². The molecule has 18 heavy (non-hydrogen) atoms. The molecular weight excluding hydrogens is 226 g/mol. The van der Waals surface area contributed by atoms with Crippen LogP contribution in [0.4, 0.5) is 0 Å². The number of rotatable bonds is 4. The van der Waals surface area contributed by atoms with E-state index in [0.717, 1.165) is 22.6 Å². The van der Waals surface area contributed by atoms with Gasteiger partial charge in [0.2, 0.25) is 0 Å². The summed E-state index contributed by atoms with van der Waals surface area (Å²) in [5.74, 6) is 0.766. The van der Waals surface area contributed by atoms with Crippen molar-refractivity contribution in [2.75, 3.05) is 0 Å². The zero-order chi connectivity index (χ0) is 13.0. The second-order valence-corrected chi connectivity index (χ2v) is 4.38. The molecule has 0 fully saturated rings. The molecule has 3 nitrogen and oxygen atoms in total. The number of aliphatic hydroxyl groups is 1. The number of benzene rings is 1. The average molecular weight is 243 g/mol. The second-order valence-electron chi connectivity index (χ2n) is 4.38. The second kappa shape index (κ2) is 5.65. The van der Waals surface area contributed by atoms with Crippen LogP contribution in [0.25, 0.3) is 11.3 Å². The summed E-state index contributed by atoms with van der Waals surface area (Å²) in [6.07, 6.45) is 1.85. The summed E-state index contributed by atoms with van der Waals surface area (Å²) in [7, 11) is 0. The molecule has 1 N–H and O–H groups in total. The molecule has 0 unspecified atom stereocenters. The summed E-state index contributed by atoms with van der Waals surface area (Å²) >= 11 is 0. The number of hydrogen-bond donors (Lipinski definition) is 1. The van der Waals surface area contributed by atoms with E-state index in [1.165, 1.54) is 0 Å². The van der Waals surface area contributed by atoms with Gasteiger partial charge in [-0.3, -0.25) is 4.98 Å². The van der Waals surface area contributed by atoms with E-state index >= 15 is 0 Å². The quantitative estimate of drug-likeness (QED) is 0.897. The van der Waals surface area contributed by atoms with Crippen LogP contribution in [0.5, 0.6) is 5.75 Å². The highest BCUT2D eigenvalue weighted by molar-refractivity contribution is 5.66. The molecule has 0 amide bonds. The van der Waals surface area contributed by atoms with Gasteiger partial charge in [0.05, 0.1) is 12.7 Å². The third-order valence-electron chi connectivity index (χ3n) is 2.52. The Labute approximate surface area is 107 Å². The third-order valence-corrected chi connectivity index (χ3v) is 2.52. The summed E-state index contributed by atoms with van der Waals surface area (Å²) in [6, 6.07) is 11.5. The maximum absolute atomic E-state index is 9.17. The maximum Gasteiger partial charge on any atom is 0.145 e. The van der Waals surface area contributed by atoms with Crippen molar-refractivity contribution < 1.29 is 9.84 Å². The Hall–Kier alpha value is -1.87. The summed E-state index contributed by atoms with van der Waals surface area (Å²) in [5, 5.41) is 9.17. The Kier molecular flexibility index (Phi) is 3.95. The van der Waals surface area contributed by atoms with Crippen LogP contribution in [0.3, 0.4) is 0 Å². The van der Waals surface area contributed by atoms with Crippen LogP contribution in [0, 0.1) is 0 Å². The lowest BCUT2D eigenvalue weighted by atomic mass is 10.1. The van der Waals surface area contributed by atoms with Crippen LogP contribution in [0.2, 0.25) is 0 Å². The molecule has 0 aliphatic rings. The number of aliphatic hydroxyl groups excluding tert-OH is 1. The first-order chi connectivity index (χ1) is 8.70. The summed E-state index contributed by atoms with van der Waals surface area (Å²) in [6.45, 7) is 4.00. The van der Waals surface area contributed by atoms with Crippen molar-refractivity contribution in [1.82, 2.24) is 4.98 Å². The summed E-state index contributed by atoms with van der Waals surface area (Å²) < 4.78 is 5.75. The molecule has 1 heterocycles. The van der Waals surface area contributed by atoms with Crippen molar-refractivity contribution in [2.45, 2.75) is 26.6 Å². The monoisotopic (exact) mass is 243 g/mol. The molecule has 0 radical (unpaired) electrons. The summed E-state index contributed by atoms with van der Waals surface area (Å²) in [5.41, 5.74) is 2.63. The molecule has 0 bridgehead atoms. The zero-order valence-electron chi connectivity index (χ0n) is 10.6. The van der Waals surface area contributed by atoms with Crippen LogP contribution in [-0.4, -0.2) is 16.2 Å². The van der Waals surface area contributed by atoms with Gasteiger partial charge < -0.3 is 9.84 Å². The van der Waals surface area contributed by atoms with Gasteiger partial charge in [0, 0.05) is 11.8 Å². The molecule has 0 aliphatic heterocycles. The maximum atomic E-state index is 9.17. The Balaban J connectivity index is 2.42. The van der Waals surface area contributed by atoms with Gasteiger partial charge in [-0.2, -0.15) is 0 Å². The van der Waals surface area contributed by atoms with E-state index < -0.39 is 0 Å². The molecule has 94 valence electrons. The van der Waals surface area contributed by atoms with E-state index in [9.17, 15) is 5.11 Å². The van der Waals surface area contributed by atoms with Gasteiger partial charge in [0.15, 0.2) is 0 Å². The Morgan fingerprint density at radius 1 is 1.22 bits per heavy atom. The minimum Gasteiger partial charge on any atom is -0.489 e. The van der Waals surface area contributed by atoms with Crippen LogP contribution >= 0.6 is 0 Å². The van der Waals surface area contributed by atoms with E-state index in [1.807, 2.05) is 50.2 Å². The van der Waals surface area contributed by atoms with E-state index in [0.29, 0.717) is 0 Å². The van der Waals surface area contributed by atoms with E-state index in [1.54, 1.807) is 6.20 Å². The van der Waals surface area contributed by atoms with Gasteiger partial charge >= 0.3 is 0 Å². The topological polar surface area (TPSA) is 42.4 Å². The van der Waals surface area contributed by atoms with Crippen molar-refractivity contribution in [3.63, 3.8) is 0 Å². The molecule has 0 spiro atoms.